The number of rotatable bonds is 3. The van der Waals surface area contributed by atoms with E-state index in [4.69, 9.17) is 15.2 Å². The third-order valence-corrected chi connectivity index (χ3v) is 4.52. The van der Waals surface area contributed by atoms with E-state index >= 15 is 0 Å². The first-order valence-electron chi connectivity index (χ1n) is 6.99. The zero-order valence-electron chi connectivity index (χ0n) is 13.1. The summed E-state index contributed by atoms with van der Waals surface area (Å²) >= 11 is 3.56. The lowest BCUT2D eigenvalue weighted by molar-refractivity contribution is 0.356. The monoisotopic (exact) mass is 373 g/mol. The highest BCUT2D eigenvalue weighted by Gasteiger charge is 2.14. The van der Waals surface area contributed by atoms with Gasteiger partial charge in [0.05, 0.1) is 25.4 Å². The van der Waals surface area contributed by atoms with Gasteiger partial charge in [-0.2, -0.15) is 0 Å². The Bertz CT molecular complexity index is 897. The molecule has 0 fully saturated rings. The van der Waals surface area contributed by atoms with Gasteiger partial charge in [-0.05, 0) is 24.6 Å². The van der Waals surface area contributed by atoms with Crippen molar-refractivity contribution in [1.82, 2.24) is 9.97 Å². The van der Waals surface area contributed by atoms with Crippen LogP contribution in [0.25, 0.3) is 22.2 Å². The van der Waals surface area contributed by atoms with Gasteiger partial charge in [-0.15, -0.1) is 0 Å². The lowest BCUT2D eigenvalue weighted by Crippen LogP contribution is -2.00. The highest BCUT2D eigenvalue weighted by Crippen LogP contribution is 2.36. The van der Waals surface area contributed by atoms with Gasteiger partial charge in [-0.1, -0.05) is 28.1 Å². The van der Waals surface area contributed by atoms with E-state index in [1.165, 1.54) is 0 Å². The van der Waals surface area contributed by atoms with Gasteiger partial charge < -0.3 is 15.2 Å². The first-order valence-corrected chi connectivity index (χ1v) is 7.78. The summed E-state index contributed by atoms with van der Waals surface area (Å²) in [5.74, 6) is 1.45. The van der Waals surface area contributed by atoms with Gasteiger partial charge in [0.15, 0.2) is 11.5 Å². The molecule has 0 saturated carbocycles. The average Bonchev–Trinajstić information content (AvgIpc) is 2.55. The molecule has 1 heterocycles. The van der Waals surface area contributed by atoms with Crippen molar-refractivity contribution in [2.45, 2.75) is 6.92 Å². The van der Waals surface area contributed by atoms with E-state index in [0.29, 0.717) is 17.0 Å². The first-order chi connectivity index (χ1) is 11.0. The molecule has 0 amide bonds. The average molecular weight is 374 g/mol. The van der Waals surface area contributed by atoms with E-state index in [1.54, 1.807) is 20.3 Å². The number of anilines is 1. The van der Waals surface area contributed by atoms with Crippen molar-refractivity contribution in [2.75, 3.05) is 20.0 Å². The second kappa shape index (κ2) is 6.04. The number of ether oxygens (including phenoxy) is 2. The summed E-state index contributed by atoms with van der Waals surface area (Å²) in [5.41, 5.74) is 9.46. The second-order valence-electron chi connectivity index (χ2n) is 5.12. The molecule has 0 saturated heterocycles. The maximum Gasteiger partial charge on any atom is 0.221 e. The molecule has 6 heteroatoms. The number of hydrogen-bond acceptors (Lipinski definition) is 5. The molecule has 0 aliphatic carbocycles. The van der Waals surface area contributed by atoms with Crippen LogP contribution in [0.4, 0.5) is 5.95 Å². The molecule has 2 N–H and O–H groups in total. The highest BCUT2D eigenvalue weighted by molar-refractivity contribution is 9.10. The fourth-order valence-corrected chi connectivity index (χ4v) is 2.81. The molecule has 2 aromatic carbocycles. The molecule has 0 unspecified atom stereocenters. The summed E-state index contributed by atoms with van der Waals surface area (Å²) in [4.78, 5) is 8.73. The Morgan fingerprint density at radius 2 is 1.70 bits per heavy atom. The van der Waals surface area contributed by atoms with E-state index in [1.807, 2.05) is 31.2 Å². The topological polar surface area (TPSA) is 70.3 Å². The lowest BCUT2D eigenvalue weighted by Gasteiger charge is -2.12. The van der Waals surface area contributed by atoms with Gasteiger partial charge in [-0.3, -0.25) is 0 Å². The third kappa shape index (κ3) is 2.82. The molecule has 3 aromatic rings. The Kier molecular flexibility index (Phi) is 4.09. The van der Waals surface area contributed by atoms with Crippen LogP contribution in [-0.2, 0) is 0 Å². The molecule has 3 rings (SSSR count). The van der Waals surface area contributed by atoms with Crippen LogP contribution >= 0.6 is 15.9 Å². The molecule has 0 aliphatic rings. The van der Waals surface area contributed by atoms with Crippen molar-refractivity contribution < 1.29 is 9.47 Å². The van der Waals surface area contributed by atoms with Crippen LogP contribution in [0.2, 0.25) is 0 Å². The van der Waals surface area contributed by atoms with E-state index in [9.17, 15) is 0 Å². The summed E-state index contributed by atoms with van der Waals surface area (Å²) in [6.45, 7) is 2.04. The smallest absolute Gasteiger partial charge is 0.221 e. The predicted octanol–water partition coefficient (Wildman–Crippen LogP) is 3.97. The molecule has 0 radical (unpaired) electrons. The van der Waals surface area contributed by atoms with Crippen LogP contribution in [0.5, 0.6) is 11.5 Å². The van der Waals surface area contributed by atoms with Crippen LogP contribution in [0.3, 0.4) is 0 Å². The second-order valence-corrected chi connectivity index (χ2v) is 5.97. The molecular weight excluding hydrogens is 358 g/mol. The lowest BCUT2D eigenvalue weighted by atomic mass is 10.0. The highest BCUT2D eigenvalue weighted by atomic mass is 79.9. The number of fused-ring (bicyclic) bond motifs is 1. The Hall–Kier alpha value is -2.34. The summed E-state index contributed by atoms with van der Waals surface area (Å²) in [6, 6.07) is 9.74. The quantitative estimate of drug-likeness (QED) is 0.751. The Morgan fingerprint density at radius 3 is 2.35 bits per heavy atom. The standard InChI is InChI=1S/C17H16BrN3O2/c1-9-4-5-10(6-12(9)18)16-11-7-14(22-2)15(23-3)8-13(11)20-17(19)21-16/h4-8H,1-3H3,(H2,19,20,21). The molecule has 118 valence electrons. The van der Waals surface area contributed by atoms with Crippen LogP contribution in [-0.4, -0.2) is 24.2 Å². The van der Waals surface area contributed by atoms with Crippen molar-refractivity contribution in [1.29, 1.82) is 0 Å². The zero-order valence-corrected chi connectivity index (χ0v) is 14.6. The first kappa shape index (κ1) is 15.6. The predicted molar refractivity (Wildman–Crippen MR) is 94.9 cm³/mol. The molecule has 5 nitrogen and oxygen atoms in total. The number of benzene rings is 2. The number of nitrogens with two attached hydrogens (primary N) is 1. The largest absolute Gasteiger partial charge is 0.493 e. The van der Waals surface area contributed by atoms with Crippen molar-refractivity contribution in [2.24, 2.45) is 0 Å². The van der Waals surface area contributed by atoms with Crippen LogP contribution in [0.1, 0.15) is 5.56 Å². The number of hydrogen-bond donors (Lipinski definition) is 1. The van der Waals surface area contributed by atoms with Gasteiger partial charge >= 0.3 is 0 Å². The van der Waals surface area contributed by atoms with Crippen LogP contribution in [0.15, 0.2) is 34.8 Å². The fraction of sp³-hybridized carbons (Fsp3) is 0.176. The summed E-state index contributed by atoms with van der Waals surface area (Å²) in [5, 5.41) is 0.854. The van der Waals surface area contributed by atoms with Crippen molar-refractivity contribution >= 4 is 32.8 Å². The van der Waals surface area contributed by atoms with Crippen molar-refractivity contribution in [3.8, 4) is 22.8 Å². The maximum atomic E-state index is 5.89. The number of methoxy groups -OCH3 is 2. The van der Waals surface area contributed by atoms with Crippen molar-refractivity contribution in [3.63, 3.8) is 0 Å². The number of nitrogen functional groups attached to an aromatic ring is 1. The Balaban J connectivity index is 2.32. The molecule has 0 spiro atoms. The fourth-order valence-electron chi connectivity index (χ4n) is 2.43. The van der Waals surface area contributed by atoms with Gasteiger partial charge in [0.2, 0.25) is 5.95 Å². The molecule has 0 aliphatic heterocycles. The molecule has 0 atom stereocenters. The summed E-state index contributed by atoms with van der Waals surface area (Å²) in [7, 11) is 3.19. The SMILES string of the molecule is COc1cc2nc(N)nc(-c3ccc(C)c(Br)c3)c2cc1OC. The Labute approximate surface area is 142 Å². The number of halogens is 1. The third-order valence-electron chi connectivity index (χ3n) is 3.66. The minimum Gasteiger partial charge on any atom is -0.493 e. The normalized spacial score (nSPS) is 10.8. The minimum absolute atomic E-state index is 0.219. The summed E-state index contributed by atoms with van der Waals surface area (Å²) < 4.78 is 11.7. The Morgan fingerprint density at radius 1 is 1.00 bits per heavy atom. The maximum absolute atomic E-state index is 5.89. The van der Waals surface area contributed by atoms with Gasteiger partial charge in [-0.25, -0.2) is 9.97 Å². The van der Waals surface area contributed by atoms with E-state index in [2.05, 4.69) is 25.9 Å². The molecule has 1 aromatic heterocycles. The van der Waals surface area contributed by atoms with Crippen LogP contribution in [0, 0.1) is 6.92 Å². The van der Waals surface area contributed by atoms with Crippen LogP contribution < -0.4 is 15.2 Å². The van der Waals surface area contributed by atoms with E-state index in [0.717, 1.165) is 26.7 Å². The number of aromatic nitrogens is 2. The number of nitrogens with zero attached hydrogens (tertiary/aromatic N) is 2. The van der Waals surface area contributed by atoms with Gasteiger partial charge in [0.25, 0.3) is 0 Å². The van der Waals surface area contributed by atoms with E-state index in [-0.39, 0.29) is 5.95 Å². The molecule has 0 bridgehead atoms. The van der Waals surface area contributed by atoms with Gasteiger partial charge in [0, 0.05) is 21.5 Å². The van der Waals surface area contributed by atoms with E-state index < -0.39 is 0 Å². The summed E-state index contributed by atoms with van der Waals surface area (Å²) in [6.07, 6.45) is 0. The molecule has 23 heavy (non-hydrogen) atoms. The minimum atomic E-state index is 0.219. The molecular formula is C17H16BrN3O2. The zero-order chi connectivity index (χ0) is 16.6. The van der Waals surface area contributed by atoms with Crippen molar-refractivity contribution in [3.05, 3.63) is 40.4 Å². The van der Waals surface area contributed by atoms with Gasteiger partial charge in [0.1, 0.15) is 0 Å². The number of aryl methyl sites for hydroxylation is 1.